The number of aliphatic hydroxyl groups is 1. The number of rotatable bonds is 7. The largest absolute Gasteiger partial charge is 0.383 e. The molecule has 2 nitrogen and oxygen atoms in total. The fraction of sp³-hybridized carbons (Fsp3) is 0.941. The van der Waals surface area contributed by atoms with Crippen molar-refractivity contribution in [1.29, 1.82) is 0 Å². The lowest BCUT2D eigenvalue weighted by molar-refractivity contribution is 0.0150. The van der Waals surface area contributed by atoms with Gasteiger partial charge in [-0.15, -0.1) is 0 Å². The molecular weight excluding hydrogens is 234 g/mol. The number of hydrogen-bond acceptors (Lipinski definition) is 2. The van der Waals surface area contributed by atoms with E-state index < -0.39 is 5.60 Å². The van der Waals surface area contributed by atoms with Gasteiger partial charge in [0.1, 0.15) is 5.60 Å². The lowest BCUT2D eigenvalue weighted by Crippen LogP contribution is -2.51. The molecule has 0 spiro atoms. The SMILES string of the molecule is CCC(C)C(C)N=C(C(C)C)C(O)(C(C)C)C(C)C. The first-order valence-corrected chi connectivity index (χ1v) is 7.89. The molecule has 1 N–H and O–H groups in total. The minimum absolute atomic E-state index is 0.179. The molecule has 0 aliphatic carbocycles. The summed E-state index contributed by atoms with van der Waals surface area (Å²) in [5, 5.41) is 11.2. The normalized spacial score (nSPS) is 17.4. The lowest BCUT2D eigenvalue weighted by atomic mass is 9.73. The van der Waals surface area contributed by atoms with Crippen LogP contribution in [0.25, 0.3) is 0 Å². The van der Waals surface area contributed by atoms with E-state index in [2.05, 4.69) is 62.3 Å². The van der Waals surface area contributed by atoms with Crippen molar-refractivity contribution in [3.63, 3.8) is 0 Å². The summed E-state index contributed by atoms with van der Waals surface area (Å²) in [5.74, 6) is 1.19. The molecule has 0 saturated carbocycles. The van der Waals surface area contributed by atoms with Crippen molar-refractivity contribution >= 4 is 5.71 Å². The van der Waals surface area contributed by atoms with Crippen LogP contribution >= 0.6 is 0 Å². The molecule has 0 aromatic rings. The Bertz CT molecular complexity index is 284. The maximum absolute atomic E-state index is 11.2. The summed E-state index contributed by atoms with van der Waals surface area (Å²) in [4.78, 5) is 4.93. The van der Waals surface area contributed by atoms with E-state index in [1.165, 1.54) is 0 Å². The summed E-state index contributed by atoms with van der Waals surface area (Å²) in [5.41, 5.74) is 0.181. The Balaban J connectivity index is 5.58. The Morgan fingerprint density at radius 2 is 1.37 bits per heavy atom. The second-order valence-corrected chi connectivity index (χ2v) is 6.93. The molecule has 0 aliphatic rings. The average Bonchev–Trinajstić information content (AvgIpc) is 2.32. The smallest absolute Gasteiger partial charge is 0.107 e. The molecule has 2 unspecified atom stereocenters. The predicted molar refractivity (Wildman–Crippen MR) is 85.8 cm³/mol. The van der Waals surface area contributed by atoms with Crippen LogP contribution in [0.1, 0.15) is 68.7 Å². The van der Waals surface area contributed by atoms with Crippen LogP contribution in [0.5, 0.6) is 0 Å². The first-order valence-electron chi connectivity index (χ1n) is 7.89. The monoisotopic (exact) mass is 269 g/mol. The third-order valence-corrected chi connectivity index (χ3v) is 4.53. The quantitative estimate of drug-likeness (QED) is 0.675. The third-order valence-electron chi connectivity index (χ3n) is 4.53. The van der Waals surface area contributed by atoms with Crippen molar-refractivity contribution in [2.24, 2.45) is 28.7 Å². The second kappa shape index (κ2) is 7.42. The molecule has 19 heavy (non-hydrogen) atoms. The molecule has 114 valence electrons. The highest BCUT2D eigenvalue weighted by Crippen LogP contribution is 2.32. The lowest BCUT2D eigenvalue weighted by Gasteiger charge is -2.40. The Hall–Kier alpha value is -0.370. The minimum Gasteiger partial charge on any atom is -0.383 e. The maximum Gasteiger partial charge on any atom is 0.107 e. The second-order valence-electron chi connectivity index (χ2n) is 6.93. The highest BCUT2D eigenvalue weighted by molar-refractivity contribution is 5.94. The van der Waals surface area contributed by atoms with Gasteiger partial charge in [-0.3, -0.25) is 4.99 Å². The zero-order valence-electron chi connectivity index (χ0n) is 14.5. The van der Waals surface area contributed by atoms with Gasteiger partial charge in [0, 0.05) is 11.8 Å². The van der Waals surface area contributed by atoms with Crippen LogP contribution in [0, 0.1) is 23.7 Å². The molecule has 0 aromatic carbocycles. The van der Waals surface area contributed by atoms with Crippen molar-refractivity contribution in [3.05, 3.63) is 0 Å². The predicted octanol–water partition coefficient (Wildman–Crippen LogP) is 4.56. The molecule has 2 heteroatoms. The summed E-state index contributed by atoms with van der Waals surface area (Å²) in [6.45, 7) is 19.2. The van der Waals surface area contributed by atoms with E-state index in [9.17, 15) is 5.11 Å². The van der Waals surface area contributed by atoms with Gasteiger partial charge in [-0.25, -0.2) is 0 Å². The fourth-order valence-corrected chi connectivity index (χ4v) is 2.66. The van der Waals surface area contributed by atoms with Crippen molar-refractivity contribution < 1.29 is 5.11 Å². The first-order chi connectivity index (χ1) is 8.58. The highest BCUT2D eigenvalue weighted by Gasteiger charge is 2.41. The minimum atomic E-state index is -0.796. The van der Waals surface area contributed by atoms with Gasteiger partial charge in [0.2, 0.25) is 0 Å². The Labute approximate surface area is 120 Å². The molecule has 0 heterocycles. The highest BCUT2D eigenvalue weighted by atomic mass is 16.3. The van der Waals surface area contributed by atoms with Crippen molar-refractivity contribution in [3.8, 4) is 0 Å². The van der Waals surface area contributed by atoms with E-state index in [4.69, 9.17) is 4.99 Å². The number of aliphatic imine (C=N–C) groups is 1. The van der Waals surface area contributed by atoms with E-state index in [1.54, 1.807) is 0 Å². The van der Waals surface area contributed by atoms with Gasteiger partial charge in [0.05, 0.1) is 0 Å². The van der Waals surface area contributed by atoms with Crippen LogP contribution in [0.2, 0.25) is 0 Å². The standard InChI is InChI=1S/C17H35NO/c1-10-14(8)15(9)18-16(11(2)3)17(19,12(4)5)13(6)7/h11-15,19H,10H2,1-9H3. The van der Waals surface area contributed by atoms with E-state index in [0.29, 0.717) is 5.92 Å². The van der Waals surface area contributed by atoms with Gasteiger partial charge in [-0.05, 0) is 30.6 Å². The van der Waals surface area contributed by atoms with Gasteiger partial charge in [0.25, 0.3) is 0 Å². The topological polar surface area (TPSA) is 32.6 Å². The van der Waals surface area contributed by atoms with Gasteiger partial charge >= 0.3 is 0 Å². The molecule has 0 saturated heterocycles. The molecule has 0 radical (unpaired) electrons. The molecular formula is C17H35NO. The van der Waals surface area contributed by atoms with Crippen LogP contribution in [0.4, 0.5) is 0 Å². The summed E-state index contributed by atoms with van der Waals surface area (Å²) >= 11 is 0. The summed E-state index contributed by atoms with van der Waals surface area (Å²) in [6, 6.07) is 0.270. The molecule has 0 fully saturated rings. The summed E-state index contributed by atoms with van der Waals surface area (Å²) in [7, 11) is 0. The fourth-order valence-electron chi connectivity index (χ4n) is 2.66. The molecule has 0 aliphatic heterocycles. The summed E-state index contributed by atoms with van der Waals surface area (Å²) < 4.78 is 0. The van der Waals surface area contributed by atoms with Crippen LogP contribution in [0.3, 0.4) is 0 Å². The summed E-state index contributed by atoms with van der Waals surface area (Å²) in [6.07, 6.45) is 1.12. The van der Waals surface area contributed by atoms with E-state index in [0.717, 1.165) is 12.1 Å². The van der Waals surface area contributed by atoms with Crippen molar-refractivity contribution in [2.75, 3.05) is 0 Å². The number of nitrogens with zero attached hydrogens (tertiary/aromatic N) is 1. The van der Waals surface area contributed by atoms with Crippen molar-refractivity contribution in [2.45, 2.75) is 80.4 Å². The first kappa shape index (κ1) is 18.6. The van der Waals surface area contributed by atoms with Crippen LogP contribution in [-0.2, 0) is 0 Å². The third kappa shape index (κ3) is 4.30. The Kier molecular flexibility index (Phi) is 7.28. The van der Waals surface area contributed by atoms with Crippen molar-refractivity contribution in [1.82, 2.24) is 0 Å². The molecule has 0 bridgehead atoms. The van der Waals surface area contributed by atoms with Crippen LogP contribution in [0.15, 0.2) is 4.99 Å². The van der Waals surface area contributed by atoms with E-state index in [1.807, 2.05) is 0 Å². The van der Waals surface area contributed by atoms with Gasteiger partial charge in [0.15, 0.2) is 0 Å². The molecule has 0 aromatic heterocycles. The van der Waals surface area contributed by atoms with Crippen LogP contribution < -0.4 is 0 Å². The van der Waals surface area contributed by atoms with Gasteiger partial charge < -0.3 is 5.11 Å². The van der Waals surface area contributed by atoms with E-state index >= 15 is 0 Å². The number of hydrogen-bond donors (Lipinski definition) is 1. The average molecular weight is 269 g/mol. The maximum atomic E-state index is 11.2. The van der Waals surface area contributed by atoms with Gasteiger partial charge in [-0.2, -0.15) is 0 Å². The zero-order chi connectivity index (χ0) is 15.4. The van der Waals surface area contributed by atoms with E-state index in [-0.39, 0.29) is 23.8 Å². The van der Waals surface area contributed by atoms with Crippen LogP contribution in [-0.4, -0.2) is 22.5 Å². The zero-order valence-corrected chi connectivity index (χ0v) is 14.5. The molecule has 2 atom stereocenters. The Morgan fingerprint density at radius 1 is 0.947 bits per heavy atom. The molecule has 0 amide bonds. The Morgan fingerprint density at radius 3 is 1.63 bits per heavy atom. The van der Waals surface area contributed by atoms with Gasteiger partial charge in [-0.1, -0.05) is 61.8 Å². The molecule has 0 rings (SSSR count).